The molecular weight excluding hydrogens is 244 g/mol. The molecule has 0 unspecified atom stereocenters. The van der Waals surface area contributed by atoms with E-state index in [1.54, 1.807) is 0 Å². The molecule has 0 saturated heterocycles. The van der Waals surface area contributed by atoms with Crippen LogP contribution in [0.4, 0.5) is 5.69 Å². The summed E-state index contributed by atoms with van der Waals surface area (Å²) in [5.41, 5.74) is 5.76. The van der Waals surface area contributed by atoms with Gasteiger partial charge in [-0.15, -0.1) is 0 Å². The van der Waals surface area contributed by atoms with Crippen molar-refractivity contribution in [2.45, 2.75) is 11.3 Å². The van der Waals surface area contributed by atoms with E-state index in [4.69, 9.17) is 15.6 Å². The third-order valence-corrected chi connectivity index (χ3v) is 3.67. The van der Waals surface area contributed by atoms with Crippen molar-refractivity contribution in [3.05, 3.63) is 18.2 Å². The lowest BCUT2D eigenvalue weighted by Gasteiger charge is -2.09. The molecule has 0 aliphatic heterocycles. The minimum absolute atomic E-state index is 0.0104. The number of hydrogen-bond donors (Lipinski definition) is 3. The van der Waals surface area contributed by atoms with E-state index in [9.17, 15) is 8.42 Å². The fourth-order valence-electron chi connectivity index (χ4n) is 1.26. The van der Waals surface area contributed by atoms with Gasteiger partial charge in [0.15, 0.2) is 0 Å². The Bertz CT molecular complexity index is 473. The molecule has 0 atom stereocenters. The van der Waals surface area contributed by atoms with Gasteiger partial charge in [0.1, 0.15) is 10.6 Å². The molecule has 0 bridgehead atoms. The molecule has 4 N–H and O–H groups in total. The third-order valence-electron chi connectivity index (χ3n) is 2.13. The second kappa shape index (κ2) is 5.85. The molecule has 1 aromatic rings. The monoisotopic (exact) mass is 260 g/mol. The van der Waals surface area contributed by atoms with E-state index in [1.807, 2.05) is 0 Å². The summed E-state index contributed by atoms with van der Waals surface area (Å²) >= 11 is 0. The number of aliphatic hydroxyl groups excluding tert-OH is 1. The maximum atomic E-state index is 11.8. The number of sulfonamides is 1. The van der Waals surface area contributed by atoms with E-state index in [2.05, 4.69) is 4.72 Å². The van der Waals surface area contributed by atoms with Crippen LogP contribution in [0.5, 0.6) is 5.75 Å². The first-order chi connectivity index (χ1) is 8.01. The van der Waals surface area contributed by atoms with E-state index in [0.29, 0.717) is 12.2 Å². The van der Waals surface area contributed by atoms with Gasteiger partial charge in [-0.3, -0.25) is 0 Å². The van der Waals surface area contributed by atoms with Gasteiger partial charge in [0.25, 0.3) is 0 Å². The average molecular weight is 260 g/mol. The molecule has 0 heterocycles. The number of nitrogens with one attached hydrogen (secondary N) is 1. The summed E-state index contributed by atoms with van der Waals surface area (Å²) in [6.07, 6.45) is 0.356. The first kappa shape index (κ1) is 13.8. The average Bonchev–Trinajstić information content (AvgIpc) is 2.28. The van der Waals surface area contributed by atoms with Crippen LogP contribution in [0, 0.1) is 0 Å². The topological polar surface area (TPSA) is 102 Å². The quantitative estimate of drug-likeness (QED) is 0.491. The number of benzene rings is 1. The summed E-state index contributed by atoms with van der Waals surface area (Å²) in [5.74, 6) is 0.497. The van der Waals surface area contributed by atoms with Gasteiger partial charge in [0, 0.05) is 19.2 Å². The van der Waals surface area contributed by atoms with E-state index in [1.165, 1.54) is 25.3 Å². The lowest BCUT2D eigenvalue weighted by atomic mass is 10.3. The number of nitrogen functional groups attached to an aromatic ring is 1. The van der Waals surface area contributed by atoms with E-state index in [0.717, 1.165) is 0 Å². The van der Waals surface area contributed by atoms with Crippen molar-refractivity contribution in [3.63, 3.8) is 0 Å². The molecule has 0 fully saturated rings. The smallest absolute Gasteiger partial charge is 0.242 e. The van der Waals surface area contributed by atoms with Crippen LogP contribution in [0.1, 0.15) is 6.42 Å². The summed E-state index contributed by atoms with van der Waals surface area (Å²) in [6.45, 7) is 0.102. The van der Waals surface area contributed by atoms with Gasteiger partial charge in [-0.2, -0.15) is 0 Å². The molecule has 0 aliphatic carbocycles. The van der Waals surface area contributed by atoms with Crippen molar-refractivity contribution in [2.75, 3.05) is 26.0 Å². The molecule has 0 saturated carbocycles. The summed E-state index contributed by atoms with van der Waals surface area (Å²) in [7, 11) is -2.16. The highest BCUT2D eigenvalue weighted by molar-refractivity contribution is 7.89. The van der Waals surface area contributed by atoms with Crippen LogP contribution < -0.4 is 15.2 Å². The zero-order valence-corrected chi connectivity index (χ0v) is 10.3. The minimum Gasteiger partial charge on any atom is -0.497 e. The third kappa shape index (κ3) is 3.58. The second-order valence-electron chi connectivity index (χ2n) is 3.38. The lowest BCUT2D eigenvalue weighted by molar-refractivity contribution is 0.289. The zero-order chi connectivity index (χ0) is 12.9. The Kier molecular flexibility index (Phi) is 4.73. The largest absolute Gasteiger partial charge is 0.497 e. The SMILES string of the molecule is COc1ccc(S(=O)(=O)NCCCO)c(N)c1. The molecule has 0 radical (unpaired) electrons. The van der Waals surface area contributed by atoms with Crippen LogP contribution in [0.3, 0.4) is 0 Å². The summed E-state index contributed by atoms with van der Waals surface area (Å²) in [4.78, 5) is 0.0104. The Morgan fingerprint density at radius 3 is 2.71 bits per heavy atom. The molecule has 17 heavy (non-hydrogen) atoms. The van der Waals surface area contributed by atoms with E-state index in [-0.39, 0.29) is 23.7 Å². The van der Waals surface area contributed by atoms with Crippen molar-refractivity contribution in [3.8, 4) is 5.75 Å². The van der Waals surface area contributed by atoms with Crippen LogP contribution in [0.25, 0.3) is 0 Å². The number of methoxy groups -OCH3 is 1. The minimum atomic E-state index is -3.63. The van der Waals surface area contributed by atoms with Gasteiger partial charge in [0.2, 0.25) is 10.0 Å². The molecule has 0 amide bonds. The first-order valence-corrected chi connectivity index (χ1v) is 6.53. The van der Waals surface area contributed by atoms with Crippen LogP contribution in [-0.2, 0) is 10.0 Å². The van der Waals surface area contributed by atoms with Crippen molar-refractivity contribution in [1.29, 1.82) is 0 Å². The predicted octanol–water partition coefficient (Wildman–Crippen LogP) is -0.0619. The summed E-state index contributed by atoms with van der Waals surface area (Å²) < 4.78 is 30.9. The number of hydrogen-bond acceptors (Lipinski definition) is 5. The Morgan fingerprint density at radius 2 is 2.18 bits per heavy atom. The Balaban J connectivity index is 2.91. The molecule has 0 spiro atoms. The summed E-state index contributed by atoms with van der Waals surface area (Å²) in [5, 5.41) is 8.58. The normalized spacial score (nSPS) is 11.4. The second-order valence-corrected chi connectivity index (χ2v) is 5.11. The predicted molar refractivity (Wildman–Crippen MR) is 64.3 cm³/mol. The maximum Gasteiger partial charge on any atom is 0.242 e. The maximum absolute atomic E-state index is 11.8. The van der Waals surface area contributed by atoms with Crippen LogP contribution in [0.2, 0.25) is 0 Å². The lowest BCUT2D eigenvalue weighted by Crippen LogP contribution is -2.26. The van der Waals surface area contributed by atoms with Crippen LogP contribution >= 0.6 is 0 Å². The highest BCUT2D eigenvalue weighted by Gasteiger charge is 2.16. The van der Waals surface area contributed by atoms with Crippen molar-refractivity contribution in [2.24, 2.45) is 0 Å². The fourth-order valence-corrected chi connectivity index (χ4v) is 2.45. The van der Waals surface area contributed by atoms with Gasteiger partial charge in [-0.05, 0) is 18.6 Å². The van der Waals surface area contributed by atoms with Gasteiger partial charge >= 0.3 is 0 Å². The number of ether oxygens (including phenoxy) is 1. The molecule has 7 heteroatoms. The molecule has 96 valence electrons. The Hall–Kier alpha value is -1.31. The molecule has 1 aromatic carbocycles. The molecular formula is C10H16N2O4S. The Labute approximate surface area is 100 Å². The highest BCUT2D eigenvalue weighted by Crippen LogP contribution is 2.23. The molecule has 0 aliphatic rings. The number of nitrogens with two attached hydrogens (primary N) is 1. The van der Waals surface area contributed by atoms with Crippen molar-refractivity contribution < 1.29 is 18.3 Å². The standard InChI is InChI=1S/C10H16N2O4S/c1-16-8-3-4-10(9(11)7-8)17(14,15)12-5-2-6-13/h3-4,7,12-13H,2,5-6,11H2,1H3. The zero-order valence-electron chi connectivity index (χ0n) is 9.51. The van der Waals surface area contributed by atoms with Gasteiger partial charge in [0.05, 0.1) is 12.8 Å². The number of aliphatic hydroxyl groups is 1. The fraction of sp³-hybridized carbons (Fsp3) is 0.400. The van der Waals surface area contributed by atoms with Gasteiger partial charge in [-0.25, -0.2) is 13.1 Å². The summed E-state index contributed by atoms with van der Waals surface area (Å²) in [6, 6.07) is 4.35. The molecule has 0 aromatic heterocycles. The van der Waals surface area contributed by atoms with Gasteiger partial charge < -0.3 is 15.6 Å². The molecule has 1 rings (SSSR count). The van der Waals surface area contributed by atoms with Crippen molar-refractivity contribution in [1.82, 2.24) is 4.72 Å². The van der Waals surface area contributed by atoms with Crippen LogP contribution in [-0.4, -0.2) is 33.8 Å². The van der Waals surface area contributed by atoms with Crippen LogP contribution in [0.15, 0.2) is 23.1 Å². The molecule has 6 nitrogen and oxygen atoms in total. The van der Waals surface area contributed by atoms with Gasteiger partial charge in [-0.1, -0.05) is 0 Å². The Morgan fingerprint density at radius 1 is 1.47 bits per heavy atom. The number of anilines is 1. The first-order valence-electron chi connectivity index (χ1n) is 5.05. The van der Waals surface area contributed by atoms with E-state index < -0.39 is 10.0 Å². The number of rotatable bonds is 6. The van der Waals surface area contributed by atoms with E-state index >= 15 is 0 Å². The van der Waals surface area contributed by atoms with Crippen molar-refractivity contribution >= 4 is 15.7 Å². The highest BCUT2D eigenvalue weighted by atomic mass is 32.2.